The first-order valence-corrected chi connectivity index (χ1v) is 5.66. The minimum Gasteiger partial charge on any atom is -0.386 e. The van der Waals surface area contributed by atoms with Gasteiger partial charge >= 0.3 is 0 Å². The van der Waals surface area contributed by atoms with Crippen molar-refractivity contribution in [3.63, 3.8) is 0 Å². The van der Waals surface area contributed by atoms with Crippen LogP contribution in [0.15, 0.2) is 34.5 Å². The summed E-state index contributed by atoms with van der Waals surface area (Å²) >= 11 is 0. The lowest BCUT2D eigenvalue weighted by molar-refractivity contribution is 0.866. The minimum absolute atomic E-state index is 0.566. The van der Waals surface area contributed by atoms with Gasteiger partial charge in [0.25, 0.3) is 0 Å². The number of hydrogen-bond acceptors (Lipinski definition) is 3. The fraction of sp³-hybridized carbons (Fsp3) is 0.385. The van der Waals surface area contributed by atoms with Crippen molar-refractivity contribution < 1.29 is 0 Å². The van der Waals surface area contributed by atoms with E-state index < -0.39 is 0 Å². The van der Waals surface area contributed by atoms with Crippen molar-refractivity contribution in [1.82, 2.24) is 0 Å². The van der Waals surface area contributed by atoms with Crippen LogP contribution in [0, 0.1) is 0 Å². The Morgan fingerprint density at radius 1 is 1.06 bits per heavy atom. The van der Waals surface area contributed by atoms with Crippen LogP contribution < -0.4 is 5.73 Å². The number of hydrogen-bond donors (Lipinski definition) is 1. The van der Waals surface area contributed by atoms with Crippen LogP contribution in [-0.2, 0) is 0 Å². The molecule has 0 bridgehead atoms. The summed E-state index contributed by atoms with van der Waals surface area (Å²) in [4.78, 5) is 0. The second kappa shape index (κ2) is 4.47. The van der Waals surface area contributed by atoms with Gasteiger partial charge in [-0.2, -0.15) is 5.10 Å². The highest BCUT2D eigenvalue weighted by atomic mass is 15.2. The molecule has 16 heavy (non-hydrogen) atoms. The van der Waals surface area contributed by atoms with Gasteiger partial charge in [-0.15, -0.1) is 5.10 Å². The molecule has 1 aromatic carbocycles. The Morgan fingerprint density at radius 2 is 1.75 bits per heavy atom. The van der Waals surface area contributed by atoms with Crippen molar-refractivity contribution in [2.45, 2.75) is 32.6 Å². The largest absolute Gasteiger partial charge is 0.386 e. The SMILES string of the molecule is CC(C)c1ccc(C2=NN=C(N)CC2)cc1. The Labute approximate surface area is 96.1 Å². The Balaban J connectivity index is 2.22. The highest BCUT2D eigenvalue weighted by Crippen LogP contribution is 2.17. The van der Waals surface area contributed by atoms with Crippen molar-refractivity contribution in [2.75, 3.05) is 0 Å². The lowest BCUT2D eigenvalue weighted by atomic mass is 9.98. The predicted molar refractivity (Wildman–Crippen MR) is 67.9 cm³/mol. The molecule has 0 amide bonds. The summed E-state index contributed by atoms with van der Waals surface area (Å²) in [5, 5.41) is 8.06. The van der Waals surface area contributed by atoms with Crippen molar-refractivity contribution in [2.24, 2.45) is 15.9 Å². The van der Waals surface area contributed by atoms with E-state index in [1.807, 2.05) is 0 Å². The van der Waals surface area contributed by atoms with Gasteiger partial charge in [-0.3, -0.25) is 0 Å². The van der Waals surface area contributed by atoms with Crippen LogP contribution >= 0.6 is 0 Å². The molecule has 0 radical (unpaired) electrons. The van der Waals surface area contributed by atoms with Gasteiger partial charge in [0.2, 0.25) is 0 Å². The molecule has 0 spiro atoms. The van der Waals surface area contributed by atoms with E-state index in [1.165, 1.54) is 5.56 Å². The molecule has 0 saturated carbocycles. The summed E-state index contributed by atoms with van der Waals surface area (Å²) in [5.74, 6) is 1.19. The smallest absolute Gasteiger partial charge is 0.122 e. The molecule has 1 heterocycles. The molecule has 0 atom stereocenters. The normalized spacial score (nSPS) is 15.9. The van der Waals surface area contributed by atoms with E-state index in [0.717, 1.165) is 24.1 Å². The second-order valence-corrected chi connectivity index (χ2v) is 4.41. The van der Waals surface area contributed by atoms with E-state index >= 15 is 0 Å². The summed E-state index contributed by atoms with van der Waals surface area (Å²) in [6.07, 6.45) is 1.70. The van der Waals surface area contributed by atoms with E-state index in [4.69, 9.17) is 5.73 Å². The third-order valence-corrected chi connectivity index (χ3v) is 2.83. The zero-order chi connectivity index (χ0) is 11.5. The van der Waals surface area contributed by atoms with Crippen molar-refractivity contribution >= 4 is 11.5 Å². The maximum Gasteiger partial charge on any atom is 0.122 e. The van der Waals surface area contributed by atoms with Crippen LogP contribution in [0.25, 0.3) is 0 Å². The van der Waals surface area contributed by atoms with Gasteiger partial charge in [-0.25, -0.2) is 0 Å². The second-order valence-electron chi connectivity index (χ2n) is 4.41. The average Bonchev–Trinajstić information content (AvgIpc) is 2.30. The quantitative estimate of drug-likeness (QED) is 0.810. The molecular weight excluding hydrogens is 198 g/mol. The maximum atomic E-state index is 5.58. The molecule has 1 aliphatic rings. The third-order valence-electron chi connectivity index (χ3n) is 2.83. The standard InChI is InChI=1S/C13H17N3/c1-9(2)10-3-5-11(6-4-10)12-7-8-13(14)16-15-12/h3-6,9H,7-8H2,1-2H3,(H2,14,16). The molecule has 84 valence electrons. The van der Waals surface area contributed by atoms with Crippen molar-refractivity contribution in [3.05, 3.63) is 35.4 Å². The fourth-order valence-corrected chi connectivity index (χ4v) is 1.73. The van der Waals surface area contributed by atoms with Crippen molar-refractivity contribution in [1.29, 1.82) is 0 Å². The zero-order valence-corrected chi connectivity index (χ0v) is 9.77. The number of nitrogens with zero attached hydrogens (tertiary/aromatic N) is 2. The van der Waals surface area contributed by atoms with Gasteiger partial charge in [0.15, 0.2) is 0 Å². The lowest BCUT2D eigenvalue weighted by Crippen LogP contribution is -2.17. The highest BCUT2D eigenvalue weighted by molar-refractivity contribution is 6.04. The molecule has 0 fully saturated rings. The zero-order valence-electron chi connectivity index (χ0n) is 9.77. The van der Waals surface area contributed by atoms with Crippen LogP contribution in [0.3, 0.4) is 0 Å². The maximum absolute atomic E-state index is 5.58. The molecule has 3 nitrogen and oxygen atoms in total. The molecule has 3 heteroatoms. The average molecular weight is 215 g/mol. The summed E-state index contributed by atoms with van der Waals surface area (Å²) in [5.41, 5.74) is 9.12. The first-order chi connectivity index (χ1) is 7.66. The predicted octanol–water partition coefficient (Wildman–Crippen LogP) is 2.67. The molecule has 0 unspecified atom stereocenters. The van der Waals surface area contributed by atoms with Gasteiger partial charge in [-0.1, -0.05) is 38.1 Å². The van der Waals surface area contributed by atoms with Gasteiger partial charge in [0, 0.05) is 6.42 Å². The fourth-order valence-electron chi connectivity index (χ4n) is 1.73. The van der Waals surface area contributed by atoms with Crippen LogP contribution in [0.2, 0.25) is 0 Å². The van der Waals surface area contributed by atoms with E-state index in [1.54, 1.807) is 0 Å². The Morgan fingerprint density at radius 3 is 2.25 bits per heavy atom. The molecule has 0 aromatic heterocycles. The molecular formula is C13H17N3. The monoisotopic (exact) mass is 215 g/mol. The lowest BCUT2D eigenvalue weighted by Gasteiger charge is -2.11. The van der Waals surface area contributed by atoms with Crippen LogP contribution in [0.1, 0.15) is 43.7 Å². The van der Waals surface area contributed by atoms with Crippen LogP contribution in [0.4, 0.5) is 0 Å². The van der Waals surface area contributed by atoms with E-state index in [2.05, 4.69) is 48.3 Å². The van der Waals surface area contributed by atoms with Gasteiger partial charge in [0.1, 0.15) is 5.84 Å². The summed E-state index contributed by atoms with van der Waals surface area (Å²) in [6.45, 7) is 4.39. The summed E-state index contributed by atoms with van der Waals surface area (Å²) < 4.78 is 0. The third kappa shape index (κ3) is 2.30. The summed E-state index contributed by atoms with van der Waals surface area (Å²) in [7, 11) is 0. The van der Waals surface area contributed by atoms with E-state index in [-0.39, 0.29) is 0 Å². The number of rotatable bonds is 2. The van der Waals surface area contributed by atoms with Crippen LogP contribution in [-0.4, -0.2) is 11.5 Å². The molecule has 2 N–H and O–H groups in total. The van der Waals surface area contributed by atoms with Crippen molar-refractivity contribution in [3.8, 4) is 0 Å². The molecule has 2 rings (SSSR count). The van der Waals surface area contributed by atoms with Gasteiger partial charge in [-0.05, 0) is 23.5 Å². The topological polar surface area (TPSA) is 50.7 Å². The van der Waals surface area contributed by atoms with Crippen LogP contribution in [0.5, 0.6) is 0 Å². The molecule has 0 saturated heterocycles. The number of benzene rings is 1. The van der Waals surface area contributed by atoms with Gasteiger partial charge in [0.05, 0.1) is 5.71 Å². The first-order valence-electron chi connectivity index (χ1n) is 5.66. The molecule has 1 aromatic rings. The Kier molecular flexibility index (Phi) is 3.04. The molecule has 0 aliphatic carbocycles. The Hall–Kier alpha value is -1.64. The Bertz CT molecular complexity index is 427. The van der Waals surface area contributed by atoms with E-state index in [9.17, 15) is 0 Å². The number of nitrogens with two attached hydrogens (primary N) is 1. The number of amidine groups is 1. The highest BCUT2D eigenvalue weighted by Gasteiger charge is 2.09. The van der Waals surface area contributed by atoms with E-state index in [0.29, 0.717) is 11.8 Å². The first kappa shape index (κ1) is 10.9. The van der Waals surface area contributed by atoms with Gasteiger partial charge < -0.3 is 5.73 Å². The molecule has 1 aliphatic heterocycles. The summed E-state index contributed by atoms with van der Waals surface area (Å²) in [6, 6.07) is 8.55. The minimum atomic E-state index is 0.566.